The summed E-state index contributed by atoms with van der Waals surface area (Å²) in [4.78, 5) is 11.5. The fourth-order valence-electron chi connectivity index (χ4n) is 2.09. The molecular weight excluding hydrogens is 373 g/mol. The van der Waals surface area contributed by atoms with Gasteiger partial charge in [-0.25, -0.2) is 5.32 Å². The zero-order valence-corrected chi connectivity index (χ0v) is 16.4. The molecule has 0 fully saturated rings. The number of hydrogen-bond acceptors (Lipinski definition) is 8. The minimum absolute atomic E-state index is 0.252. The molecule has 0 heterocycles. The molecule has 0 bridgehead atoms. The van der Waals surface area contributed by atoms with E-state index in [1.54, 1.807) is 62.8 Å². The molecule has 0 aliphatic heterocycles. The van der Waals surface area contributed by atoms with Crippen LogP contribution in [-0.4, -0.2) is 39.5 Å². The number of methoxy groups -OCH3 is 3. The van der Waals surface area contributed by atoms with Gasteiger partial charge in [-0.15, -0.1) is 0 Å². The minimum Gasteiger partial charge on any atom is -0.497 e. The number of rotatable bonds is 10. The van der Waals surface area contributed by atoms with Crippen LogP contribution >= 0.6 is 8.46 Å². The SMILES string of the molecule is COC(=O)CNC(Oc1ccc(OC)cc1)(Oc1ccc(OC)cc1)[PH2]=O. The van der Waals surface area contributed by atoms with Gasteiger partial charge in [0.05, 0.1) is 21.3 Å². The third-order valence-electron chi connectivity index (χ3n) is 3.52. The maximum Gasteiger partial charge on any atom is 0.361 e. The van der Waals surface area contributed by atoms with E-state index in [1.807, 2.05) is 0 Å². The number of ether oxygens (including phenoxy) is 5. The van der Waals surface area contributed by atoms with E-state index in [9.17, 15) is 9.36 Å². The Morgan fingerprint density at radius 1 is 0.852 bits per heavy atom. The molecule has 2 aromatic rings. The van der Waals surface area contributed by atoms with Gasteiger partial charge < -0.3 is 28.2 Å². The standard InChI is InChI=1S/C18H22NO7P/c1-22-13-4-8-15(9-5-13)25-18(27-21,19-12-17(20)24-3)26-16-10-6-14(23-2)7-11-16/h4-11,19H,12,27H2,1-3H3. The van der Waals surface area contributed by atoms with Gasteiger partial charge in [-0.3, -0.25) is 4.79 Å². The second-order valence-corrected chi connectivity index (χ2v) is 6.27. The number of carbonyl (C=O) groups is 1. The number of carbonyl (C=O) groups excluding carboxylic acids is 1. The van der Waals surface area contributed by atoms with Crippen LogP contribution in [0.2, 0.25) is 0 Å². The molecule has 146 valence electrons. The molecule has 0 spiro atoms. The third-order valence-corrected chi connectivity index (χ3v) is 4.27. The quantitative estimate of drug-likeness (QED) is 0.372. The van der Waals surface area contributed by atoms with Crippen LogP contribution in [0, 0.1) is 0 Å². The lowest BCUT2D eigenvalue weighted by Gasteiger charge is -2.30. The highest BCUT2D eigenvalue weighted by Crippen LogP contribution is 2.30. The van der Waals surface area contributed by atoms with Crippen molar-refractivity contribution in [2.75, 3.05) is 27.9 Å². The number of benzene rings is 2. The molecular formula is C18H22NO7P. The molecule has 27 heavy (non-hydrogen) atoms. The van der Waals surface area contributed by atoms with E-state index in [2.05, 4.69) is 10.1 Å². The predicted octanol–water partition coefficient (Wildman–Crippen LogP) is 2.29. The van der Waals surface area contributed by atoms with Crippen LogP contribution in [-0.2, 0) is 14.1 Å². The van der Waals surface area contributed by atoms with Crippen LogP contribution in [0.1, 0.15) is 0 Å². The molecule has 0 aliphatic carbocycles. The summed E-state index contributed by atoms with van der Waals surface area (Å²) in [6.45, 7) is -0.252. The molecule has 0 amide bonds. The van der Waals surface area contributed by atoms with Crippen molar-refractivity contribution in [3.8, 4) is 23.0 Å². The second-order valence-electron chi connectivity index (χ2n) is 5.27. The van der Waals surface area contributed by atoms with E-state index in [0.29, 0.717) is 23.0 Å². The Bertz CT molecular complexity index is 700. The van der Waals surface area contributed by atoms with E-state index >= 15 is 0 Å². The fraction of sp³-hybridized carbons (Fsp3) is 0.278. The monoisotopic (exact) mass is 395 g/mol. The smallest absolute Gasteiger partial charge is 0.361 e. The van der Waals surface area contributed by atoms with Crippen molar-refractivity contribution in [3.05, 3.63) is 48.5 Å². The molecule has 9 heteroatoms. The van der Waals surface area contributed by atoms with E-state index in [4.69, 9.17) is 18.9 Å². The lowest BCUT2D eigenvalue weighted by atomic mass is 10.3. The molecule has 0 radical (unpaired) electrons. The first-order chi connectivity index (χ1) is 13.0. The lowest BCUT2D eigenvalue weighted by molar-refractivity contribution is -0.142. The lowest BCUT2D eigenvalue weighted by Crippen LogP contribution is -2.52. The summed E-state index contributed by atoms with van der Waals surface area (Å²) in [6, 6.07) is 13.3. The van der Waals surface area contributed by atoms with Gasteiger partial charge in [0, 0.05) is 0 Å². The zero-order valence-electron chi connectivity index (χ0n) is 15.3. The highest BCUT2D eigenvalue weighted by Gasteiger charge is 2.35. The van der Waals surface area contributed by atoms with E-state index in [1.165, 1.54) is 7.11 Å². The van der Waals surface area contributed by atoms with Crippen LogP contribution in [0.25, 0.3) is 0 Å². The van der Waals surface area contributed by atoms with Crippen LogP contribution in [0.3, 0.4) is 0 Å². The number of esters is 1. The van der Waals surface area contributed by atoms with E-state index in [-0.39, 0.29) is 6.54 Å². The molecule has 0 saturated heterocycles. The molecule has 1 unspecified atom stereocenters. The summed E-state index contributed by atoms with van der Waals surface area (Å²) < 4.78 is 38.5. The zero-order chi connectivity index (χ0) is 19.7. The van der Waals surface area contributed by atoms with E-state index < -0.39 is 20.1 Å². The molecule has 0 aromatic heterocycles. The van der Waals surface area contributed by atoms with Crippen LogP contribution in [0.5, 0.6) is 23.0 Å². The maximum absolute atomic E-state index is 12.1. The normalized spacial score (nSPS) is 11.2. The molecule has 1 atom stereocenters. The van der Waals surface area contributed by atoms with Crippen molar-refractivity contribution in [2.45, 2.75) is 5.65 Å². The van der Waals surface area contributed by atoms with Gasteiger partial charge in [-0.2, -0.15) is 0 Å². The van der Waals surface area contributed by atoms with Crippen LogP contribution in [0.4, 0.5) is 0 Å². The van der Waals surface area contributed by atoms with Crippen molar-refractivity contribution in [2.24, 2.45) is 0 Å². The first-order valence-electron chi connectivity index (χ1n) is 7.98. The predicted molar refractivity (Wildman–Crippen MR) is 100 cm³/mol. The minimum atomic E-state index is -1.74. The summed E-state index contributed by atoms with van der Waals surface area (Å²) in [6.07, 6.45) is 0. The van der Waals surface area contributed by atoms with E-state index in [0.717, 1.165) is 0 Å². The summed E-state index contributed by atoms with van der Waals surface area (Å²) in [5, 5.41) is 2.73. The Morgan fingerprint density at radius 2 is 1.26 bits per heavy atom. The van der Waals surface area contributed by atoms with Gasteiger partial charge in [-0.05, 0) is 48.5 Å². The Hall–Kier alpha value is -2.70. The number of hydrogen-bond donors (Lipinski definition) is 1. The summed E-state index contributed by atoms with van der Waals surface area (Å²) >= 11 is 0. The van der Waals surface area contributed by atoms with Gasteiger partial charge in [0.1, 0.15) is 29.5 Å². The first kappa shape index (κ1) is 20.6. The van der Waals surface area contributed by atoms with Crippen molar-refractivity contribution in [3.63, 3.8) is 0 Å². The average molecular weight is 395 g/mol. The van der Waals surface area contributed by atoms with Crippen molar-refractivity contribution in [1.29, 1.82) is 0 Å². The molecule has 0 aliphatic rings. The van der Waals surface area contributed by atoms with Crippen LogP contribution < -0.4 is 24.3 Å². The molecule has 2 aromatic carbocycles. The second kappa shape index (κ2) is 9.85. The first-order valence-corrected chi connectivity index (χ1v) is 9.03. The molecule has 8 nitrogen and oxygen atoms in total. The van der Waals surface area contributed by atoms with Crippen molar-refractivity contribution >= 4 is 14.4 Å². The number of nitrogens with one attached hydrogen (secondary N) is 1. The average Bonchev–Trinajstić information content (AvgIpc) is 2.72. The van der Waals surface area contributed by atoms with Gasteiger partial charge in [0.25, 0.3) is 0 Å². The fourth-order valence-corrected chi connectivity index (χ4v) is 2.64. The van der Waals surface area contributed by atoms with Crippen LogP contribution in [0.15, 0.2) is 48.5 Å². The highest BCUT2D eigenvalue weighted by molar-refractivity contribution is 7.25. The highest BCUT2D eigenvalue weighted by atomic mass is 31.1. The van der Waals surface area contributed by atoms with Gasteiger partial charge in [0.15, 0.2) is 8.46 Å². The van der Waals surface area contributed by atoms with Crippen molar-refractivity contribution < 1.29 is 33.0 Å². The Labute approximate surface area is 158 Å². The Balaban J connectivity index is 2.26. The van der Waals surface area contributed by atoms with Gasteiger partial charge in [0.2, 0.25) is 0 Å². The van der Waals surface area contributed by atoms with Gasteiger partial charge >= 0.3 is 11.6 Å². The largest absolute Gasteiger partial charge is 0.497 e. The third kappa shape index (κ3) is 5.91. The van der Waals surface area contributed by atoms with Gasteiger partial charge in [-0.1, -0.05) is 0 Å². The topological polar surface area (TPSA) is 92.3 Å². The Morgan fingerprint density at radius 3 is 1.59 bits per heavy atom. The molecule has 1 N–H and O–H groups in total. The summed E-state index contributed by atoms with van der Waals surface area (Å²) in [5.41, 5.74) is -1.74. The Kier molecular flexibility index (Phi) is 7.52. The summed E-state index contributed by atoms with van der Waals surface area (Å²) in [5.74, 6) is 1.49. The molecule has 0 saturated carbocycles. The molecule has 2 rings (SSSR count). The maximum atomic E-state index is 12.1. The summed E-state index contributed by atoms with van der Waals surface area (Å²) in [7, 11) is 2.68. The van der Waals surface area contributed by atoms with Crippen molar-refractivity contribution in [1.82, 2.24) is 5.32 Å².